The van der Waals surface area contributed by atoms with Crippen molar-refractivity contribution >= 4 is 16.8 Å². The van der Waals surface area contributed by atoms with Crippen molar-refractivity contribution in [1.82, 2.24) is 15.3 Å². The smallest absolute Gasteiger partial charge is 0.414 e. The number of nitrogens with one attached hydrogen (secondary N) is 1. The summed E-state index contributed by atoms with van der Waals surface area (Å²) in [4.78, 5) is 21.9. The van der Waals surface area contributed by atoms with E-state index in [1.807, 2.05) is 0 Å². The molecule has 1 aliphatic carbocycles. The Morgan fingerprint density at radius 2 is 1.91 bits per heavy atom. The number of hydrogen-bond donors (Lipinski definition) is 4. The number of aliphatic hydroxyl groups excluding tert-OH is 1. The lowest BCUT2D eigenvalue weighted by atomic mass is 9.88. The van der Waals surface area contributed by atoms with Gasteiger partial charge in [0.25, 0.3) is 5.91 Å². The molecule has 6 rings (SSSR count). The van der Waals surface area contributed by atoms with Crippen LogP contribution in [0.1, 0.15) is 34.5 Å². The zero-order valence-electron chi connectivity index (χ0n) is 22.5. The molecule has 0 radical (unpaired) electrons. The Balaban J connectivity index is 1.36. The van der Waals surface area contributed by atoms with Crippen molar-refractivity contribution in [2.45, 2.75) is 36.3 Å². The molecule has 1 aliphatic heterocycles. The number of alkyl halides is 3. The average Bonchev–Trinajstić information content (AvgIpc) is 3.74. The summed E-state index contributed by atoms with van der Waals surface area (Å²) in [5.74, 6) is -1.11. The number of amides is 1. The zero-order chi connectivity index (χ0) is 30.6. The van der Waals surface area contributed by atoms with Crippen LogP contribution < -0.4 is 20.5 Å². The third-order valence-electron chi connectivity index (χ3n) is 7.55. The normalized spacial score (nSPS) is 19.4. The van der Waals surface area contributed by atoms with Crippen LogP contribution in [0, 0.1) is 5.82 Å². The maximum atomic E-state index is 14.1. The van der Waals surface area contributed by atoms with Crippen LogP contribution in [0.5, 0.6) is 11.5 Å². The molecule has 3 heterocycles. The fourth-order valence-corrected chi connectivity index (χ4v) is 4.85. The Kier molecular flexibility index (Phi) is 6.98. The Bertz CT molecular complexity index is 1710. The molecule has 0 saturated heterocycles. The predicted octanol–water partition coefficient (Wildman–Crippen LogP) is 3.70. The van der Waals surface area contributed by atoms with E-state index < -0.39 is 60.1 Å². The summed E-state index contributed by atoms with van der Waals surface area (Å²) < 4.78 is 67.3. The molecular formula is C30H26F4N4O5. The highest BCUT2D eigenvalue weighted by Crippen LogP contribution is 2.49. The molecule has 2 aromatic heterocycles. The second-order valence-electron chi connectivity index (χ2n) is 10.7. The first-order valence-electron chi connectivity index (χ1n) is 13.4. The molecule has 43 heavy (non-hydrogen) atoms. The fourth-order valence-electron chi connectivity index (χ4n) is 4.85. The number of pyridine rings is 2. The van der Waals surface area contributed by atoms with E-state index in [1.54, 1.807) is 24.4 Å². The van der Waals surface area contributed by atoms with Gasteiger partial charge in [0, 0.05) is 28.3 Å². The minimum Gasteiger partial charge on any atom is -0.488 e. The minimum atomic E-state index is -4.95. The summed E-state index contributed by atoms with van der Waals surface area (Å²) in [7, 11) is 0. The number of halogens is 4. The van der Waals surface area contributed by atoms with Crippen LogP contribution in [-0.4, -0.2) is 58.1 Å². The molecule has 1 fully saturated rings. The van der Waals surface area contributed by atoms with Gasteiger partial charge < -0.3 is 30.7 Å². The molecule has 2 atom stereocenters. The first kappa shape index (κ1) is 28.8. The van der Waals surface area contributed by atoms with E-state index in [0.717, 1.165) is 31.0 Å². The number of nitrogens with zero attached hydrogens (tertiary/aromatic N) is 2. The van der Waals surface area contributed by atoms with Crippen molar-refractivity contribution in [2.24, 2.45) is 5.73 Å². The standard InChI is InChI=1S/C30H26F4N4O5/c31-19-5-3-16(4-6-19)25-26-21(29(35,15-42-26)30(32,33)34)12-23(38-25)28(41,14-39)13-37-27(40)18-10-17-2-1-9-36-24(17)22(11-18)43-20-7-8-20/h1-6,9-12,20,39,41H,7-8,13-15,35H2,(H,37,40)/t28-,29+/m1/s1. The van der Waals surface area contributed by atoms with Gasteiger partial charge >= 0.3 is 6.18 Å². The van der Waals surface area contributed by atoms with Gasteiger partial charge in [0.2, 0.25) is 0 Å². The first-order chi connectivity index (χ1) is 20.4. The van der Waals surface area contributed by atoms with Crippen LogP contribution in [0.15, 0.2) is 60.8 Å². The van der Waals surface area contributed by atoms with Gasteiger partial charge in [-0.1, -0.05) is 6.07 Å². The highest BCUT2D eigenvalue weighted by molar-refractivity contribution is 6.00. The molecular weight excluding hydrogens is 572 g/mol. The van der Waals surface area contributed by atoms with Crippen molar-refractivity contribution in [3.63, 3.8) is 0 Å². The molecule has 0 spiro atoms. The number of carbonyl (C=O) groups excluding carboxylic acids is 1. The summed E-state index contributed by atoms with van der Waals surface area (Å²) in [5, 5.41) is 24.9. The second-order valence-corrected chi connectivity index (χ2v) is 10.7. The number of rotatable bonds is 8. The maximum Gasteiger partial charge on any atom is 0.414 e. The largest absolute Gasteiger partial charge is 0.488 e. The molecule has 4 aromatic rings. The SMILES string of the molecule is N[C@@]1(C(F)(F)F)COc2c1cc([C@](O)(CO)CNC(=O)c1cc(OC3CC3)c3ncccc3c1)nc2-c1ccc(F)cc1. The molecule has 2 aromatic carbocycles. The number of benzene rings is 2. The van der Waals surface area contributed by atoms with Crippen LogP contribution in [0.3, 0.4) is 0 Å². The Morgan fingerprint density at radius 3 is 2.58 bits per heavy atom. The summed E-state index contributed by atoms with van der Waals surface area (Å²) in [6.45, 7) is -2.61. The van der Waals surface area contributed by atoms with Crippen molar-refractivity contribution in [3.8, 4) is 22.8 Å². The number of fused-ring (bicyclic) bond motifs is 2. The number of aliphatic hydroxyl groups is 2. The van der Waals surface area contributed by atoms with Crippen molar-refractivity contribution in [2.75, 3.05) is 19.8 Å². The molecule has 0 unspecified atom stereocenters. The van der Waals surface area contributed by atoms with E-state index >= 15 is 0 Å². The van der Waals surface area contributed by atoms with E-state index in [0.29, 0.717) is 16.7 Å². The Hall–Kier alpha value is -4.33. The summed E-state index contributed by atoms with van der Waals surface area (Å²) in [6.07, 6.45) is -1.56. The molecule has 2 aliphatic rings. The first-order valence-corrected chi connectivity index (χ1v) is 13.4. The summed E-state index contributed by atoms with van der Waals surface area (Å²) in [5.41, 5.74) is 0.363. The maximum absolute atomic E-state index is 14.1. The molecule has 224 valence electrons. The third-order valence-corrected chi connectivity index (χ3v) is 7.55. The lowest BCUT2D eigenvalue weighted by Crippen LogP contribution is -2.52. The number of hydrogen-bond acceptors (Lipinski definition) is 8. The quantitative estimate of drug-likeness (QED) is 0.225. The highest BCUT2D eigenvalue weighted by atomic mass is 19.4. The topological polar surface area (TPSA) is 140 Å². The zero-order valence-corrected chi connectivity index (χ0v) is 22.5. The van der Waals surface area contributed by atoms with Crippen LogP contribution >= 0.6 is 0 Å². The molecule has 5 N–H and O–H groups in total. The van der Waals surface area contributed by atoms with Crippen molar-refractivity contribution in [3.05, 3.63) is 83.4 Å². The van der Waals surface area contributed by atoms with Gasteiger partial charge in [-0.15, -0.1) is 0 Å². The van der Waals surface area contributed by atoms with Crippen molar-refractivity contribution in [1.29, 1.82) is 0 Å². The lowest BCUT2D eigenvalue weighted by Gasteiger charge is -2.29. The lowest BCUT2D eigenvalue weighted by molar-refractivity contribution is -0.191. The van der Waals surface area contributed by atoms with Gasteiger partial charge in [0.15, 0.2) is 11.3 Å². The van der Waals surface area contributed by atoms with Crippen LogP contribution in [0.4, 0.5) is 17.6 Å². The number of carbonyl (C=O) groups is 1. The third kappa shape index (κ3) is 5.24. The highest BCUT2D eigenvalue weighted by Gasteiger charge is 2.59. The molecule has 13 heteroatoms. The monoisotopic (exact) mass is 598 g/mol. The predicted molar refractivity (Wildman–Crippen MR) is 146 cm³/mol. The van der Waals surface area contributed by atoms with E-state index in [1.165, 1.54) is 18.2 Å². The molecule has 9 nitrogen and oxygen atoms in total. The molecule has 1 amide bonds. The Labute approximate surface area is 242 Å². The van der Waals surface area contributed by atoms with Crippen molar-refractivity contribution < 1.29 is 42.0 Å². The summed E-state index contributed by atoms with van der Waals surface area (Å²) in [6, 6.07) is 12.2. The van der Waals surface area contributed by atoms with Gasteiger partial charge in [-0.3, -0.25) is 9.78 Å². The average molecular weight is 599 g/mol. The minimum absolute atomic E-state index is 0.0273. The Morgan fingerprint density at radius 1 is 1.16 bits per heavy atom. The van der Waals surface area contributed by atoms with Gasteiger partial charge in [-0.2, -0.15) is 13.2 Å². The van der Waals surface area contributed by atoms with E-state index in [9.17, 15) is 32.6 Å². The van der Waals surface area contributed by atoms with Crippen LogP contribution in [-0.2, 0) is 11.1 Å². The molecule has 0 bridgehead atoms. The number of nitrogens with two attached hydrogens (primary N) is 1. The number of ether oxygens (including phenoxy) is 2. The van der Waals surface area contributed by atoms with Crippen LogP contribution in [0.25, 0.3) is 22.2 Å². The second kappa shape index (κ2) is 10.4. The van der Waals surface area contributed by atoms with Crippen LogP contribution in [0.2, 0.25) is 0 Å². The van der Waals surface area contributed by atoms with E-state index in [2.05, 4.69) is 15.3 Å². The van der Waals surface area contributed by atoms with E-state index in [4.69, 9.17) is 15.2 Å². The van der Waals surface area contributed by atoms with Gasteiger partial charge in [0.1, 0.15) is 35.0 Å². The summed E-state index contributed by atoms with van der Waals surface area (Å²) >= 11 is 0. The molecule has 1 saturated carbocycles. The van der Waals surface area contributed by atoms with Gasteiger partial charge in [-0.05, 0) is 61.4 Å². The van der Waals surface area contributed by atoms with Gasteiger partial charge in [-0.25, -0.2) is 9.37 Å². The fraction of sp³-hybridized carbons (Fsp3) is 0.300. The van der Waals surface area contributed by atoms with Gasteiger partial charge in [0.05, 0.1) is 24.9 Å². The number of aromatic nitrogens is 2. The van der Waals surface area contributed by atoms with E-state index in [-0.39, 0.29) is 28.7 Å².